The van der Waals surface area contributed by atoms with Crippen LogP contribution in [0, 0.1) is 20.8 Å². The second-order valence-electron chi connectivity index (χ2n) is 7.88. The summed E-state index contributed by atoms with van der Waals surface area (Å²) in [5, 5.41) is 15.8. The third-order valence-electron chi connectivity index (χ3n) is 4.24. The van der Waals surface area contributed by atoms with Crippen molar-refractivity contribution in [2.45, 2.75) is 52.1 Å². The molecule has 0 radical (unpaired) electrons. The molecule has 0 bridgehead atoms. The Balaban J connectivity index is 1.79. The molecule has 1 amide bonds. The minimum atomic E-state index is -0.425. The minimum absolute atomic E-state index is 0.141. The van der Waals surface area contributed by atoms with Crippen LogP contribution in [0.3, 0.4) is 0 Å². The fourth-order valence-corrected chi connectivity index (χ4v) is 3.68. The first kappa shape index (κ1) is 20.1. The number of benzene rings is 1. The van der Waals surface area contributed by atoms with E-state index in [0.717, 1.165) is 22.4 Å². The number of aromatic amines is 1. The molecule has 8 nitrogen and oxygen atoms in total. The molecule has 0 aliphatic heterocycles. The number of anilines is 1. The lowest BCUT2D eigenvalue weighted by atomic mass is 9.93. The number of aromatic nitrogens is 5. The first-order valence-electron chi connectivity index (χ1n) is 8.93. The Bertz CT molecular complexity index is 1090. The van der Waals surface area contributed by atoms with Crippen LogP contribution < -0.4 is 10.9 Å². The van der Waals surface area contributed by atoms with E-state index in [1.54, 1.807) is 0 Å². The van der Waals surface area contributed by atoms with Crippen molar-refractivity contribution in [1.29, 1.82) is 0 Å². The van der Waals surface area contributed by atoms with Crippen LogP contribution in [0.1, 0.15) is 43.2 Å². The van der Waals surface area contributed by atoms with Gasteiger partial charge in [-0.1, -0.05) is 50.2 Å². The van der Waals surface area contributed by atoms with Crippen molar-refractivity contribution in [1.82, 2.24) is 24.8 Å². The zero-order valence-electron chi connectivity index (χ0n) is 16.9. The maximum atomic E-state index is 12.4. The first-order valence-corrected chi connectivity index (χ1v) is 9.91. The molecule has 3 aromatic rings. The van der Waals surface area contributed by atoms with Crippen molar-refractivity contribution >= 4 is 29.1 Å². The highest BCUT2D eigenvalue weighted by molar-refractivity contribution is 7.99. The van der Waals surface area contributed by atoms with E-state index in [9.17, 15) is 9.59 Å². The smallest absolute Gasteiger partial charge is 0.274 e. The topological polar surface area (TPSA) is 105 Å². The number of aryl methyl sites for hydroxylation is 3. The summed E-state index contributed by atoms with van der Waals surface area (Å²) in [7, 11) is 0. The van der Waals surface area contributed by atoms with Crippen LogP contribution in [0.4, 0.5) is 5.69 Å². The zero-order valence-corrected chi connectivity index (χ0v) is 17.7. The summed E-state index contributed by atoms with van der Waals surface area (Å²) in [5.74, 6) is 0.266. The molecule has 2 N–H and O–H groups in total. The van der Waals surface area contributed by atoms with Crippen molar-refractivity contribution in [2.24, 2.45) is 0 Å². The van der Waals surface area contributed by atoms with Crippen LogP contribution >= 0.6 is 11.8 Å². The molecule has 3 rings (SSSR count). The van der Waals surface area contributed by atoms with Gasteiger partial charge in [-0.05, 0) is 31.9 Å². The van der Waals surface area contributed by atoms with E-state index >= 15 is 0 Å². The molecular weight excluding hydrogens is 376 g/mol. The van der Waals surface area contributed by atoms with E-state index in [-0.39, 0.29) is 23.0 Å². The number of carbonyl (C=O) groups excluding carboxylic acids is 1. The van der Waals surface area contributed by atoms with Crippen molar-refractivity contribution in [3.63, 3.8) is 0 Å². The van der Waals surface area contributed by atoms with Crippen molar-refractivity contribution in [3.8, 4) is 0 Å². The zero-order chi connectivity index (χ0) is 20.6. The van der Waals surface area contributed by atoms with Crippen molar-refractivity contribution in [3.05, 3.63) is 44.9 Å². The van der Waals surface area contributed by atoms with Gasteiger partial charge < -0.3 is 5.32 Å². The summed E-state index contributed by atoms with van der Waals surface area (Å²) in [6.45, 7) is 11.7. The molecule has 2 aromatic heterocycles. The van der Waals surface area contributed by atoms with Gasteiger partial charge in [0.15, 0.2) is 0 Å². The van der Waals surface area contributed by atoms with Crippen LogP contribution in [0.2, 0.25) is 0 Å². The van der Waals surface area contributed by atoms with Crippen LogP contribution in [0.25, 0.3) is 5.78 Å². The molecule has 0 saturated heterocycles. The molecule has 0 aliphatic carbocycles. The maximum absolute atomic E-state index is 12.4. The van der Waals surface area contributed by atoms with E-state index in [4.69, 9.17) is 0 Å². The Morgan fingerprint density at radius 2 is 1.82 bits per heavy atom. The second-order valence-corrected chi connectivity index (χ2v) is 8.82. The highest BCUT2D eigenvalue weighted by Gasteiger charge is 2.22. The van der Waals surface area contributed by atoms with Gasteiger partial charge in [0.25, 0.3) is 11.3 Å². The SMILES string of the molecule is Cc1cc(C)c(NC(=O)CSc2nnc3[nH]c(=O)c(C(C)(C)C)nn23)c(C)c1. The molecule has 0 unspecified atom stereocenters. The van der Waals surface area contributed by atoms with Crippen LogP contribution in [-0.2, 0) is 10.2 Å². The number of rotatable bonds is 4. The normalized spacial score (nSPS) is 11.8. The average Bonchev–Trinajstić information content (AvgIpc) is 2.96. The van der Waals surface area contributed by atoms with Crippen molar-refractivity contribution in [2.75, 3.05) is 11.1 Å². The Labute approximate surface area is 167 Å². The lowest BCUT2D eigenvalue weighted by molar-refractivity contribution is -0.113. The third kappa shape index (κ3) is 4.09. The number of nitrogens with one attached hydrogen (secondary N) is 2. The maximum Gasteiger partial charge on any atom is 0.274 e. The van der Waals surface area contributed by atoms with E-state index in [0.29, 0.717) is 10.9 Å². The van der Waals surface area contributed by atoms with E-state index in [1.807, 2.05) is 53.7 Å². The number of fused-ring (bicyclic) bond motifs is 1. The molecule has 0 saturated carbocycles. The van der Waals surface area contributed by atoms with Crippen LogP contribution in [-0.4, -0.2) is 36.5 Å². The van der Waals surface area contributed by atoms with Gasteiger partial charge in [-0.3, -0.25) is 14.6 Å². The molecule has 28 heavy (non-hydrogen) atoms. The largest absolute Gasteiger partial charge is 0.325 e. The first-order chi connectivity index (χ1) is 13.1. The van der Waals surface area contributed by atoms with E-state index in [1.165, 1.54) is 16.3 Å². The molecule has 0 aliphatic rings. The quantitative estimate of drug-likeness (QED) is 0.653. The highest BCUT2D eigenvalue weighted by atomic mass is 32.2. The number of thioether (sulfide) groups is 1. The summed E-state index contributed by atoms with van der Waals surface area (Å²) < 4.78 is 1.47. The summed E-state index contributed by atoms with van der Waals surface area (Å²) in [6, 6.07) is 4.08. The molecule has 148 valence electrons. The Kier molecular flexibility index (Phi) is 5.29. The number of carbonyl (C=O) groups is 1. The van der Waals surface area contributed by atoms with Gasteiger partial charge in [-0.2, -0.15) is 9.61 Å². The lowest BCUT2D eigenvalue weighted by Gasteiger charge is -2.15. The lowest BCUT2D eigenvalue weighted by Crippen LogP contribution is -2.28. The van der Waals surface area contributed by atoms with Crippen molar-refractivity contribution < 1.29 is 4.79 Å². The summed E-state index contributed by atoms with van der Waals surface area (Å²) in [4.78, 5) is 27.3. The van der Waals surface area contributed by atoms with E-state index < -0.39 is 5.41 Å². The molecule has 2 heterocycles. The van der Waals surface area contributed by atoms with Crippen LogP contribution in [0.15, 0.2) is 22.1 Å². The summed E-state index contributed by atoms with van der Waals surface area (Å²) in [6.07, 6.45) is 0. The Hall–Kier alpha value is -2.68. The van der Waals surface area contributed by atoms with Gasteiger partial charge in [-0.15, -0.1) is 10.2 Å². The molecule has 1 aromatic carbocycles. The van der Waals surface area contributed by atoms with Gasteiger partial charge in [0.2, 0.25) is 11.1 Å². The standard InChI is InChI=1S/C19H24N6O2S/c1-10-7-11(2)14(12(3)8-10)20-13(26)9-28-18-23-22-17-21-16(27)15(19(4,5)6)24-25(17)18/h7-8H,9H2,1-6H3,(H,20,26)(H,21,22,27). The second kappa shape index (κ2) is 7.38. The molecule has 0 atom stereocenters. The highest BCUT2D eigenvalue weighted by Crippen LogP contribution is 2.23. The predicted octanol–water partition coefficient (Wildman–Crippen LogP) is 2.77. The molecule has 9 heteroatoms. The fraction of sp³-hybridized carbons (Fsp3) is 0.421. The number of amides is 1. The Morgan fingerprint density at radius 1 is 1.18 bits per heavy atom. The Morgan fingerprint density at radius 3 is 2.43 bits per heavy atom. The number of nitrogens with zero attached hydrogens (tertiary/aromatic N) is 4. The fourth-order valence-electron chi connectivity index (χ4n) is 3.00. The molecule has 0 fully saturated rings. The average molecular weight is 401 g/mol. The predicted molar refractivity (Wildman–Crippen MR) is 110 cm³/mol. The van der Waals surface area contributed by atoms with Gasteiger partial charge in [-0.25, -0.2) is 0 Å². The van der Waals surface area contributed by atoms with Gasteiger partial charge in [0.05, 0.1) is 5.75 Å². The van der Waals surface area contributed by atoms with Gasteiger partial charge in [0.1, 0.15) is 5.69 Å². The minimum Gasteiger partial charge on any atom is -0.325 e. The van der Waals surface area contributed by atoms with E-state index in [2.05, 4.69) is 25.6 Å². The molecule has 0 spiro atoms. The monoisotopic (exact) mass is 400 g/mol. The summed E-state index contributed by atoms with van der Waals surface area (Å²) in [5.41, 5.74) is 3.72. The van der Waals surface area contributed by atoms with Gasteiger partial charge in [0, 0.05) is 11.1 Å². The van der Waals surface area contributed by atoms with Gasteiger partial charge >= 0.3 is 0 Å². The summed E-state index contributed by atoms with van der Waals surface area (Å²) >= 11 is 1.22. The number of hydrogen-bond acceptors (Lipinski definition) is 6. The third-order valence-corrected chi connectivity index (χ3v) is 5.16. The number of H-pyrrole nitrogens is 1. The van der Waals surface area contributed by atoms with Crippen LogP contribution in [0.5, 0.6) is 0 Å². The molecular formula is C19H24N6O2S. The number of hydrogen-bond donors (Lipinski definition) is 2.